The van der Waals surface area contributed by atoms with E-state index in [4.69, 9.17) is 40.1 Å². The number of halogens is 3. The average molecular weight is 362 g/mol. The van der Waals surface area contributed by atoms with E-state index in [1.165, 1.54) is 30.3 Å². The molecule has 21 heavy (non-hydrogen) atoms. The summed E-state index contributed by atoms with van der Waals surface area (Å²) in [6.45, 7) is 0. The molecule has 108 valence electrons. The van der Waals surface area contributed by atoms with Crippen molar-refractivity contribution in [2.75, 3.05) is 4.72 Å². The van der Waals surface area contributed by atoms with Crippen molar-refractivity contribution in [2.24, 2.45) is 0 Å². The average Bonchev–Trinajstić information content (AvgIpc) is 2.43. The maximum absolute atomic E-state index is 12.3. The van der Waals surface area contributed by atoms with Gasteiger partial charge in [0.15, 0.2) is 0 Å². The number of nitriles is 1. The lowest BCUT2D eigenvalue weighted by Crippen LogP contribution is -2.14. The van der Waals surface area contributed by atoms with Crippen LogP contribution >= 0.6 is 34.8 Å². The number of sulfonamides is 1. The molecule has 0 unspecified atom stereocenters. The summed E-state index contributed by atoms with van der Waals surface area (Å²) in [5.41, 5.74) is 0.407. The number of hydrogen-bond donors (Lipinski definition) is 1. The van der Waals surface area contributed by atoms with Crippen LogP contribution in [0.25, 0.3) is 0 Å². The Morgan fingerprint density at radius 3 is 2.38 bits per heavy atom. The second kappa shape index (κ2) is 6.12. The van der Waals surface area contributed by atoms with Gasteiger partial charge in [-0.15, -0.1) is 0 Å². The molecule has 0 spiro atoms. The van der Waals surface area contributed by atoms with Gasteiger partial charge in [0.25, 0.3) is 10.0 Å². The number of anilines is 1. The van der Waals surface area contributed by atoms with Crippen molar-refractivity contribution in [3.8, 4) is 6.07 Å². The summed E-state index contributed by atoms with van der Waals surface area (Å²) < 4.78 is 26.9. The number of rotatable bonds is 3. The molecule has 0 aromatic heterocycles. The van der Waals surface area contributed by atoms with Gasteiger partial charge in [0.05, 0.1) is 32.4 Å². The third-order valence-electron chi connectivity index (χ3n) is 2.55. The molecule has 4 nitrogen and oxygen atoms in total. The summed E-state index contributed by atoms with van der Waals surface area (Å²) in [7, 11) is -3.94. The maximum atomic E-state index is 12.3. The molecule has 0 amide bonds. The smallest absolute Gasteiger partial charge is 0.263 e. The largest absolute Gasteiger partial charge is 0.278 e. The van der Waals surface area contributed by atoms with Crippen molar-refractivity contribution in [1.82, 2.24) is 0 Å². The number of nitrogens with one attached hydrogen (secondary N) is 1. The van der Waals surface area contributed by atoms with Gasteiger partial charge in [-0.2, -0.15) is 5.26 Å². The number of benzene rings is 2. The minimum atomic E-state index is -3.94. The van der Waals surface area contributed by atoms with Crippen molar-refractivity contribution < 1.29 is 8.42 Å². The van der Waals surface area contributed by atoms with E-state index in [0.717, 1.165) is 0 Å². The molecular formula is C13H7Cl3N2O2S. The molecule has 0 aliphatic rings. The Bertz CT molecular complexity index is 845. The Morgan fingerprint density at radius 1 is 1.05 bits per heavy atom. The van der Waals surface area contributed by atoms with Crippen LogP contribution in [0.5, 0.6) is 0 Å². The van der Waals surface area contributed by atoms with Crippen LogP contribution in [0.1, 0.15) is 5.56 Å². The van der Waals surface area contributed by atoms with Gasteiger partial charge in [0.1, 0.15) is 4.90 Å². The summed E-state index contributed by atoms with van der Waals surface area (Å²) in [4.78, 5) is -0.154. The SMILES string of the molecule is N#Cc1ccc(S(=O)(=O)Nc2cccc(Cl)c2Cl)c(Cl)c1. The Kier molecular flexibility index (Phi) is 4.64. The Hall–Kier alpha value is -1.45. The van der Waals surface area contributed by atoms with E-state index in [1.807, 2.05) is 6.07 Å². The zero-order valence-electron chi connectivity index (χ0n) is 10.3. The van der Waals surface area contributed by atoms with E-state index in [-0.39, 0.29) is 31.2 Å². The fraction of sp³-hybridized carbons (Fsp3) is 0. The summed E-state index contributed by atoms with van der Waals surface area (Å²) in [6, 6.07) is 10.3. The normalized spacial score (nSPS) is 11.0. The third-order valence-corrected chi connectivity index (χ3v) is 5.21. The van der Waals surface area contributed by atoms with Crippen molar-refractivity contribution in [2.45, 2.75) is 4.90 Å². The molecule has 1 N–H and O–H groups in total. The molecule has 8 heteroatoms. The Balaban J connectivity index is 2.44. The molecule has 2 aromatic carbocycles. The van der Waals surface area contributed by atoms with Crippen molar-refractivity contribution >= 4 is 50.5 Å². The quantitative estimate of drug-likeness (QED) is 0.885. The molecule has 0 radical (unpaired) electrons. The molecule has 0 heterocycles. The molecule has 0 aliphatic carbocycles. The van der Waals surface area contributed by atoms with Gasteiger partial charge < -0.3 is 0 Å². The number of nitrogens with zero attached hydrogens (tertiary/aromatic N) is 1. The van der Waals surface area contributed by atoms with Crippen molar-refractivity contribution in [3.63, 3.8) is 0 Å². The molecule has 0 fully saturated rings. The highest BCUT2D eigenvalue weighted by Gasteiger charge is 2.20. The molecule has 0 bridgehead atoms. The van der Waals surface area contributed by atoms with Gasteiger partial charge in [-0.05, 0) is 30.3 Å². The molecule has 0 saturated carbocycles. The first-order valence-electron chi connectivity index (χ1n) is 5.51. The lowest BCUT2D eigenvalue weighted by Gasteiger charge is -2.11. The summed E-state index contributed by atoms with van der Waals surface area (Å²) in [5.74, 6) is 0. The van der Waals surface area contributed by atoms with E-state index < -0.39 is 10.0 Å². The van der Waals surface area contributed by atoms with Crippen LogP contribution in [0.15, 0.2) is 41.3 Å². The lowest BCUT2D eigenvalue weighted by atomic mass is 10.2. The molecule has 0 aliphatic heterocycles. The van der Waals surface area contributed by atoms with Crippen LogP contribution in [-0.4, -0.2) is 8.42 Å². The second-order valence-corrected chi connectivity index (χ2v) is 6.81. The number of hydrogen-bond acceptors (Lipinski definition) is 3. The molecular weight excluding hydrogens is 355 g/mol. The lowest BCUT2D eigenvalue weighted by molar-refractivity contribution is 0.601. The maximum Gasteiger partial charge on any atom is 0.263 e. The van der Waals surface area contributed by atoms with E-state index >= 15 is 0 Å². The predicted molar refractivity (Wildman–Crippen MR) is 83.4 cm³/mol. The molecule has 0 atom stereocenters. The summed E-state index contributed by atoms with van der Waals surface area (Å²) >= 11 is 17.7. The summed E-state index contributed by atoms with van der Waals surface area (Å²) in [5, 5.41) is 9.01. The highest BCUT2D eigenvalue weighted by Crippen LogP contribution is 2.32. The topological polar surface area (TPSA) is 70.0 Å². The Morgan fingerprint density at radius 2 is 1.76 bits per heavy atom. The van der Waals surface area contributed by atoms with E-state index in [2.05, 4.69) is 4.72 Å². The fourth-order valence-corrected chi connectivity index (χ4v) is 3.59. The van der Waals surface area contributed by atoms with Crippen LogP contribution < -0.4 is 4.72 Å². The summed E-state index contributed by atoms with van der Waals surface area (Å²) in [6.07, 6.45) is 0. The first-order valence-corrected chi connectivity index (χ1v) is 8.13. The van der Waals surface area contributed by atoms with E-state index in [0.29, 0.717) is 0 Å². The van der Waals surface area contributed by atoms with Gasteiger partial charge in [-0.25, -0.2) is 8.42 Å². The first-order chi connectivity index (χ1) is 9.85. The highest BCUT2D eigenvalue weighted by molar-refractivity contribution is 7.92. The van der Waals surface area contributed by atoms with E-state index in [9.17, 15) is 8.42 Å². The molecule has 2 rings (SSSR count). The van der Waals surface area contributed by atoms with Crippen LogP contribution in [0.3, 0.4) is 0 Å². The first kappa shape index (κ1) is 15.9. The van der Waals surface area contributed by atoms with Crippen LogP contribution in [0, 0.1) is 11.3 Å². The van der Waals surface area contributed by atoms with Gasteiger partial charge in [0.2, 0.25) is 0 Å². The van der Waals surface area contributed by atoms with Gasteiger partial charge >= 0.3 is 0 Å². The van der Waals surface area contributed by atoms with Gasteiger partial charge in [-0.3, -0.25) is 4.72 Å². The van der Waals surface area contributed by atoms with Gasteiger partial charge in [0, 0.05) is 0 Å². The fourth-order valence-electron chi connectivity index (χ4n) is 1.57. The minimum absolute atomic E-state index is 0.0558. The molecule has 2 aromatic rings. The van der Waals surface area contributed by atoms with Crippen LogP contribution in [-0.2, 0) is 10.0 Å². The zero-order chi connectivity index (χ0) is 15.6. The van der Waals surface area contributed by atoms with Crippen LogP contribution in [0.2, 0.25) is 15.1 Å². The second-order valence-electron chi connectivity index (χ2n) is 3.96. The van der Waals surface area contributed by atoms with E-state index in [1.54, 1.807) is 6.07 Å². The zero-order valence-corrected chi connectivity index (χ0v) is 13.4. The Labute approximate surface area is 136 Å². The van der Waals surface area contributed by atoms with Crippen LogP contribution in [0.4, 0.5) is 5.69 Å². The third kappa shape index (κ3) is 3.42. The molecule has 0 saturated heterocycles. The van der Waals surface area contributed by atoms with Gasteiger partial charge in [-0.1, -0.05) is 40.9 Å². The minimum Gasteiger partial charge on any atom is -0.278 e. The highest BCUT2D eigenvalue weighted by atomic mass is 35.5. The monoisotopic (exact) mass is 360 g/mol. The van der Waals surface area contributed by atoms with Crippen molar-refractivity contribution in [1.29, 1.82) is 5.26 Å². The van der Waals surface area contributed by atoms with Crippen molar-refractivity contribution in [3.05, 3.63) is 57.0 Å². The standard InChI is InChI=1S/C13H7Cl3N2O2S/c14-9-2-1-3-11(13(9)16)18-21(19,20)12-5-4-8(7-17)6-10(12)15/h1-6,18H. The predicted octanol–water partition coefficient (Wildman–Crippen LogP) is 4.32.